The Morgan fingerprint density at radius 1 is 1.27 bits per heavy atom. The fraction of sp³-hybridized carbons (Fsp3) is 0.222. The van der Waals surface area contributed by atoms with Crippen molar-refractivity contribution in [2.75, 3.05) is 11.2 Å². The molecule has 0 saturated heterocycles. The van der Waals surface area contributed by atoms with E-state index in [2.05, 4.69) is 5.32 Å². The summed E-state index contributed by atoms with van der Waals surface area (Å²) in [6, 6.07) is 1.68. The predicted molar refractivity (Wildman–Crippen MR) is 50.3 cm³/mol. The van der Waals surface area contributed by atoms with Crippen LogP contribution in [0.5, 0.6) is 0 Å². The van der Waals surface area contributed by atoms with E-state index in [0.717, 1.165) is 12.1 Å². The van der Waals surface area contributed by atoms with E-state index in [0.29, 0.717) is 0 Å². The normalized spacial score (nSPS) is 10.1. The summed E-state index contributed by atoms with van der Waals surface area (Å²) in [4.78, 5) is 11.0. The van der Waals surface area contributed by atoms with Gasteiger partial charge in [0, 0.05) is 12.3 Å². The second-order valence-corrected chi connectivity index (χ2v) is 3.09. The molecule has 0 radical (unpaired) electrons. The van der Waals surface area contributed by atoms with Gasteiger partial charge < -0.3 is 5.32 Å². The average molecular weight is 238 g/mol. The van der Waals surface area contributed by atoms with Crippen LogP contribution in [0.1, 0.15) is 6.42 Å². The van der Waals surface area contributed by atoms with Crippen LogP contribution in [0, 0.1) is 17.5 Å². The SMILES string of the molecule is O=C(CCCl)Nc1ccc(F)c(F)c1F. The van der Waals surface area contributed by atoms with Gasteiger partial charge in [0.1, 0.15) is 0 Å². The van der Waals surface area contributed by atoms with Crippen LogP contribution in [0.4, 0.5) is 18.9 Å². The van der Waals surface area contributed by atoms with E-state index in [1.807, 2.05) is 0 Å². The van der Waals surface area contributed by atoms with Crippen LogP contribution in [0.25, 0.3) is 0 Å². The Bertz CT molecular complexity index is 384. The van der Waals surface area contributed by atoms with Crippen molar-refractivity contribution < 1.29 is 18.0 Å². The Kier molecular flexibility index (Phi) is 3.96. The van der Waals surface area contributed by atoms with Gasteiger partial charge in [0.05, 0.1) is 5.69 Å². The predicted octanol–water partition coefficient (Wildman–Crippen LogP) is 2.67. The lowest BCUT2D eigenvalue weighted by Crippen LogP contribution is -2.13. The maximum atomic E-state index is 13.0. The molecule has 0 fully saturated rings. The number of benzene rings is 1. The van der Waals surface area contributed by atoms with Crippen LogP contribution in [0.15, 0.2) is 12.1 Å². The van der Waals surface area contributed by atoms with Crippen LogP contribution in [-0.2, 0) is 4.79 Å². The van der Waals surface area contributed by atoms with Gasteiger partial charge in [-0.2, -0.15) is 0 Å². The third-order valence-corrected chi connectivity index (χ3v) is 1.82. The highest BCUT2D eigenvalue weighted by molar-refractivity contribution is 6.19. The number of anilines is 1. The summed E-state index contributed by atoms with van der Waals surface area (Å²) in [5, 5.41) is 2.07. The van der Waals surface area contributed by atoms with Crippen molar-refractivity contribution in [3.63, 3.8) is 0 Å². The quantitative estimate of drug-likeness (QED) is 0.636. The molecule has 0 aliphatic heterocycles. The summed E-state index contributed by atoms with van der Waals surface area (Å²) < 4.78 is 38.2. The molecular weight excluding hydrogens is 231 g/mol. The maximum absolute atomic E-state index is 13.0. The van der Waals surface area contributed by atoms with E-state index < -0.39 is 29.0 Å². The molecule has 1 aromatic carbocycles. The highest BCUT2D eigenvalue weighted by Gasteiger charge is 2.14. The van der Waals surface area contributed by atoms with Gasteiger partial charge in [0.2, 0.25) is 5.91 Å². The molecule has 6 heteroatoms. The lowest BCUT2D eigenvalue weighted by Gasteiger charge is -2.05. The Morgan fingerprint density at radius 3 is 2.53 bits per heavy atom. The number of hydrogen-bond acceptors (Lipinski definition) is 1. The zero-order valence-corrected chi connectivity index (χ0v) is 8.24. The first-order chi connectivity index (χ1) is 7.06. The molecule has 0 unspecified atom stereocenters. The minimum Gasteiger partial charge on any atom is -0.323 e. The summed E-state index contributed by atoms with van der Waals surface area (Å²) in [6.45, 7) is 0. The Balaban J connectivity index is 2.87. The summed E-state index contributed by atoms with van der Waals surface area (Å²) in [7, 11) is 0. The van der Waals surface area contributed by atoms with E-state index >= 15 is 0 Å². The van der Waals surface area contributed by atoms with E-state index in [1.165, 1.54) is 0 Å². The van der Waals surface area contributed by atoms with Crippen molar-refractivity contribution in [3.05, 3.63) is 29.6 Å². The summed E-state index contributed by atoms with van der Waals surface area (Å²) >= 11 is 5.27. The second kappa shape index (κ2) is 5.02. The van der Waals surface area contributed by atoms with E-state index in [-0.39, 0.29) is 12.3 Å². The first-order valence-electron chi connectivity index (χ1n) is 4.05. The molecule has 82 valence electrons. The van der Waals surface area contributed by atoms with Gasteiger partial charge in [0.25, 0.3) is 0 Å². The zero-order valence-electron chi connectivity index (χ0n) is 7.49. The van der Waals surface area contributed by atoms with Crippen molar-refractivity contribution in [1.29, 1.82) is 0 Å². The molecule has 1 rings (SSSR count). The standard InChI is InChI=1S/C9H7ClF3NO/c10-4-3-7(15)14-6-2-1-5(11)8(12)9(6)13/h1-2H,3-4H2,(H,14,15). The van der Waals surface area contributed by atoms with Crippen molar-refractivity contribution in [2.24, 2.45) is 0 Å². The highest BCUT2D eigenvalue weighted by atomic mass is 35.5. The number of nitrogens with one attached hydrogen (secondary N) is 1. The molecule has 1 amide bonds. The van der Waals surface area contributed by atoms with Gasteiger partial charge in [-0.05, 0) is 12.1 Å². The van der Waals surface area contributed by atoms with Gasteiger partial charge in [-0.15, -0.1) is 11.6 Å². The number of carbonyl (C=O) groups excluding carboxylic acids is 1. The number of rotatable bonds is 3. The van der Waals surface area contributed by atoms with Gasteiger partial charge in [-0.25, -0.2) is 13.2 Å². The van der Waals surface area contributed by atoms with Crippen LogP contribution >= 0.6 is 11.6 Å². The first kappa shape index (κ1) is 11.8. The van der Waals surface area contributed by atoms with E-state index in [1.54, 1.807) is 0 Å². The first-order valence-corrected chi connectivity index (χ1v) is 4.59. The number of alkyl halides is 1. The lowest BCUT2D eigenvalue weighted by atomic mass is 10.2. The van der Waals surface area contributed by atoms with Gasteiger partial charge in [-0.3, -0.25) is 4.79 Å². The lowest BCUT2D eigenvalue weighted by molar-refractivity contribution is -0.115. The van der Waals surface area contributed by atoms with Crippen molar-refractivity contribution in [1.82, 2.24) is 0 Å². The van der Waals surface area contributed by atoms with E-state index in [9.17, 15) is 18.0 Å². The molecule has 0 heterocycles. The average Bonchev–Trinajstić information content (AvgIpc) is 2.20. The van der Waals surface area contributed by atoms with Crippen molar-refractivity contribution in [2.45, 2.75) is 6.42 Å². The number of halogens is 4. The Hall–Kier alpha value is -1.23. The molecule has 1 N–H and O–H groups in total. The summed E-state index contributed by atoms with van der Waals surface area (Å²) in [5.74, 6) is -4.83. The molecule has 0 saturated carbocycles. The van der Waals surface area contributed by atoms with Gasteiger partial charge in [-0.1, -0.05) is 0 Å². The zero-order chi connectivity index (χ0) is 11.4. The third-order valence-electron chi connectivity index (χ3n) is 1.63. The van der Waals surface area contributed by atoms with Crippen LogP contribution in [0.2, 0.25) is 0 Å². The molecule has 0 aromatic heterocycles. The molecule has 1 aromatic rings. The monoisotopic (exact) mass is 237 g/mol. The minimum atomic E-state index is -1.61. The molecule has 0 aliphatic rings. The molecule has 0 atom stereocenters. The summed E-state index contributed by atoms with van der Waals surface area (Å²) in [5.41, 5.74) is -0.399. The second-order valence-electron chi connectivity index (χ2n) is 2.71. The third kappa shape index (κ3) is 2.86. The van der Waals surface area contributed by atoms with Gasteiger partial charge >= 0.3 is 0 Å². The maximum Gasteiger partial charge on any atom is 0.225 e. The number of carbonyl (C=O) groups is 1. The van der Waals surface area contributed by atoms with Crippen LogP contribution in [-0.4, -0.2) is 11.8 Å². The molecule has 0 spiro atoms. The number of amides is 1. The Morgan fingerprint density at radius 2 is 1.93 bits per heavy atom. The minimum absolute atomic E-state index is 0.0278. The van der Waals surface area contributed by atoms with Crippen LogP contribution in [0.3, 0.4) is 0 Å². The largest absolute Gasteiger partial charge is 0.323 e. The molecule has 0 bridgehead atoms. The van der Waals surface area contributed by atoms with Crippen molar-refractivity contribution >= 4 is 23.2 Å². The van der Waals surface area contributed by atoms with Crippen molar-refractivity contribution in [3.8, 4) is 0 Å². The van der Waals surface area contributed by atoms with Crippen LogP contribution < -0.4 is 5.32 Å². The van der Waals surface area contributed by atoms with E-state index in [4.69, 9.17) is 11.6 Å². The Labute approximate surface area is 89.0 Å². The topological polar surface area (TPSA) is 29.1 Å². The van der Waals surface area contributed by atoms with Gasteiger partial charge in [0.15, 0.2) is 17.5 Å². The smallest absolute Gasteiger partial charge is 0.225 e. The highest BCUT2D eigenvalue weighted by Crippen LogP contribution is 2.19. The molecule has 15 heavy (non-hydrogen) atoms. The molecular formula is C9H7ClF3NO. The fourth-order valence-corrected chi connectivity index (χ4v) is 1.09. The number of hydrogen-bond donors (Lipinski definition) is 1. The molecule has 0 aliphatic carbocycles. The summed E-state index contributed by atoms with van der Waals surface area (Å²) in [6.07, 6.45) is -0.0278. The fourth-order valence-electron chi connectivity index (χ4n) is 0.921. The molecule has 2 nitrogen and oxygen atoms in total.